The van der Waals surface area contributed by atoms with E-state index in [4.69, 9.17) is 4.42 Å². The Balaban J connectivity index is 1.11. The monoisotopic (exact) mass is 423 g/mol. The van der Waals surface area contributed by atoms with Crippen LogP contribution in [0.1, 0.15) is 42.9 Å². The fraction of sp³-hybridized carbons (Fsp3) is 0.522. The Morgan fingerprint density at radius 3 is 2.80 bits per heavy atom. The van der Waals surface area contributed by atoms with Crippen LogP contribution in [0.2, 0.25) is 0 Å². The largest absolute Gasteiger partial charge is 0.440 e. The minimum atomic E-state index is 0.530. The maximum atomic E-state index is 5.46. The highest BCUT2D eigenvalue weighted by molar-refractivity contribution is 7.99. The summed E-state index contributed by atoms with van der Waals surface area (Å²) in [4.78, 5) is 6.83. The van der Waals surface area contributed by atoms with Crippen molar-refractivity contribution in [1.82, 2.24) is 24.6 Å². The fourth-order valence-corrected chi connectivity index (χ4v) is 6.01. The Morgan fingerprint density at radius 1 is 1.20 bits per heavy atom. The van der Waals surface area contributed by atoms with Gasteiger partial charge in [0.05, 0.1) is 5.69 Å². The fourth-order valence-electron chi connectivity index (χ4n) is 5.17. The van der Waals surface area contributed by atoms with Crippen LogP contribution in [-0.2, 0) is 7.05 Å². The smallest absolute Gasteiger partial charge is 0.202 e. The summed E-state index contributed by atoms with van der Waals surface area (Å²) in [5.41, 5.74) is 2.91. The van der Waals surface area contributed by atoms with E-state index in [1.54, 1.807) is 17.3 Å². The molecule has 1 aliphatic carbocycles. The zero-order chi connectivity index (χ0) is 20.6. The van der Waals surface area contributed by atoms with Crippen LogP contribution >= 0.6 is 11.8 Å². The summed E-state index contributed by atoms with van der Waals surface area (Å²) in [5.74, 6) is 3.25. The minimum Gasteiger partial charge on any atom is -0.440 e. The molecule has 2 aromatic heterocycles. The van der Waals surface area contributed by atoms with Crippen LogP contribution in [-0.4, -0.2) is 50.0 Å². The van der Waals surface area contributed by atoms with E-state index in [-0.39, 0.29) is 0 Å². The zero-order valence-corrected chi connectivity index (χ0v) is 18.6. The van der Waals surface area contributed by atoms with Gasteiger partial charge in [-0.15, -0.1) is 10.2 Å². The molecule has 0 bridgehead atoms. The molecule has 0 radical (unpaired) electrons. The van der Waals surface area contributed by atoms with Gasteiger partial charge >= 0.3 is 0 Å². The number of rotatable bonds is 7. The molecule has 2 aliphatic rings. The van der Waals surface area contributed by atoms with Crippen molar-refractivity contribution in [3.8, 4) is 11.6 Å². The molecule has 3 heterocycles. The van der Waals surface area contributed by atoms with Gasteiger partial charge in [0.25, 0.3) is 0 Å². The van der Waals surface area contributed by atoms with Gasteiger partial charge in [0.2, 0.25) is 5.82 Å². The third-order valence-electron chi connectivity index (χ3n) is 6.97. The van der Waals surface area contributed by atoms with Crippen LogP contribution in [0.25, 0.3) is 11.6 Å². The highest BCUT2D eigenvalue weighted by atomic mass is 32.2. The van der Waals surface area contributed by atoms with Crippen molar-refractivity contribution in [1.29, 1.82) is 0 Å². The van der Waals surface area contributed by atoms with Crippen LogP contribution < -0.4 is 0 Å². The Kier molecular flexibility index (Phi) is 5.41. The lowest BCUT2D eigenvalue weighted by Crippen LogP contribution is -2.41. The predicted octanol–water partition coefficient (Wildman–Crippen LogP) is 4.53. The molecule has 6 nitrogen and oxygen atoms in total. The van der Waals surface area contributed by atoms with Crippen LogP contribution in [0.3, 0.4) is 0 Å². The van der Waals surface area contributed by atoms with Crippen molar-refractivity contribution < 1.29 is 4.42 Å². The van der Waals surface area contributed by atoms with Crippen LogP contribution in [0, 0.1) is 12.3 Å². The molecule has 2 atom stereocenters. The number of oxazole rings is 1. The van der Waals surface area contributed by atoms with E-state index in [2.05, 4.69) is 50.4 Å². The molecular formula is C23H29N5OS. The number of aromatic nitrogens is 4. The van der Waals surface area contributed by atoms with Gasteiger partial charge in [-0.2, -0.15) is 0 Å². The van der Waals surface area contributed by atoms with E-state index >= 15 is 0 Å². The van der Waals surface area contributed by atoms with Gasteiger partial charge in [0, 0.05) is 19.3 Å². The lowest BCUT2D eigenvalue weighted by molar-refractivity contribution is 0.0973. The predicted molar refractivity (Wildman–Crippen MR) is 118 cm³/mol. The summed E-state index contributed by atoms with van der Waals surface area (Å²) in [5, 5.41) is 9.58. The van der Waals surface area contributed by atoms with Crippen molar-refractivity contribution in [2.45, 2.75) is 43.7 Å². The molecule has 0 N–H and O–H groups in total. The van der Waals surface area contributed by atoms with Gasteiger partial charge < -0.3 is 13.9 Å². The highest BCUT2D eigenvalue weighted by Gasteiger charge is 2.50. The summed E-state index contributed by atoms with van der Waals surface area (Å²) < 4.78 is 7.47. The van der Waals surface area contributed by atoms with E-state index in [0.717, 1.165) is 28.3 Å². The summed E-state index contributed by atoms with van der Waals surface area (Å²) in [6.07, 6.45) is 6.72. The maximum absolute atomic E-state index is 5.46. The molecule has 1 saturated carbocycles. The summed E-state index contributed by atoms with van der Waals surface area (Å²) in [6, 6.07) is 11.1. The first-order chi connectivity index (χ1) is 14.7. The van der Waals surface area contributed by atoms with Crippen molar-refractivity contribution in [3.63, 3.8) is 0 Å². The molecule has 3 aromatic rings. The van der Waals surface area contributed by atoms with Gasteiger partial charge in [0.1, 0.15) is 0 Å². The molecule has 0 amide bonds. The minimum absolute atomic E-state index is 0.530. The van der Waals surface area contributed by atoms with Crippen LogP contribution in [0.4, 0.5) is 0 Å². The quantitative estimate of drug-likeness (QED) is 0.411. The topological polar surface area (TPSA) is 60.0 Å². The second-order valence-electron chi connectivity index (χ2n) is 8.72. The van der Waals surface area contributed by atoms with Crippen molar-refractivity contribution in [2.75, 3.05) is 25.4 Å². The summed E-state index contributed by atoms with van der Waals surface area (Å²) in [6.45, 7) is 5.60. The summed E-state index contributed by atoms with van der Waals surface area (Å²) >= 11 is 1.77. The molecule has 2 unspecified atom stereocenters. The molecule has 158 valence electrons. The Morgan fingerprint density at radius 2 is 2.07 bits per heavy atom. The molecule has 5 rings (SSSR count). The Labute approximate surface area is 182 Å². The number of hydrogen-bond acceptors (Lipinski definition) is 6. The van der Waals surface area contributed by atoms with Crippen molar-refractivity contribution in [2.24, 2.45) is 12.5 Å². The van der Waals surface area contributed by atoms with Gasteiger partial charge in [-0.25, -0.2) is 4.98 Å². The zero-order valence-electron chi connectivity index (χ0n) is 17.8. The third-order valence-corrected chi connectivity index (χ3v) is 8.08. The van der Waals surface area contributed by atoms with E-state index in [1.165, 1.54) is 51.7 Å². The van der Waals surface area contributed by atoms with E-state index in [9.17, 15) is 0 Å². The average molecular weight is 424 g/mol. The molecular weight excluding hydrogens is 394 g/mol. The first-order valence-corrected chi connectivity index (χ1v) is 11.8. The molecule has 30 heavy (non-hydrogen) atoms. The lowest BCUT2D eigenvalue weighted by atomic mass is 9.57. The van der Waals surface area contributed by atoms with E-state index in [1.807, 2.05) is 18.5 Å². The third kappa shape index (κ3) is 3.58. The maximum Gasteiger partial charge on any atom is 0.202 e. The summed E-state index contributed by atoms with van der Waals surface area (Å²) in [7, 11) is 1.99. The molecule has 1 saturated heterocycles. The molecule has 1 aromatic carbocycles. The van der Waals surface area contributed by atoms with Crippen molar-refractivity contribution in [3.05, 3.63) is 48.0 Å². The van der Waals surface area contributed by atoms with Crippen LogP contribution in [0.5, 0.6) is 0 Å². The molecule has 1 aliphatic heterocycles. The Hall–Kier alpha value is -2.12. The number of benzene rings is 1. The SMILES string of the molecule is Cc1ncoc1-c1nnc(SCCCN2CCC3(CCC3c3ccccc3)C2)n1C. The van der Waals surface area contributed by atoms with Crippen molar-refractivity contribution >= 4 is 11.8 Å². The van der Waals surface area contributed by atoms with Gasteiger partial charge in [0.15, 0.2) is 17.3 Å². The first kappa shape index (κ1) is 19.8. The standard InChI is InChI=1S/C23H29N5OS/c1-17-20(29-16-24-17)21-25-26-22(27(21)2)30-14-6-12-28-13-11-23(15-28)10-9-19(23)18-7-4-3-5-8-18/h3-5,7-8,16,19H,6,9-15H2,1-2H3. The number of nitrogens with zero attached hydrogens (tertiary/aromatic N) is 5. The Bertz CT molecular complexity index is 1000. The number of hydrogen-bond donors (Lipinski definition) is 0. The number of likely N-dealkylation sites (tertiary alicyclic amines) is 1. The second-order valence-corrected chi connectivity index (χ2v) is 9.79. The highest BCUT2D eigenvalue weighted by Crippen LogP contribution is 2.57. The van der Waals surface area contributed by atoms with Gasteiger partial charge in [-0.1, -0.05) is 42.1 Å². The average Bonchev–Trinajstić information content (AvgIpc) is 3.45. The van der Waals surface area contributed by atoms with Crippen LogP contribution in [0.15, 0.2) is 46.3 Å². The number of aryl methyl sites for hydroxylation is 1. The molecule has 1 spiro atoms. The molecule has 7 heteroatoms. The number of thioether (sulfide) groups is 1. The molecule has 2 fully saturated rings. The van der Waals surface area contributed by atoms with E-state index in [0.29, 0.717) is 11.2 Å². The first-order valence-electron chi connectivity index (χ1n) is 10.9. The lowest BCUT2D eigenvalue weighted by Gasteiger charge is -2.48. The second kappa shape index (κ2) is 8.19. The van der Waals surface area contributed by atoms with E-state index < -0.39 is 0 Å². The van der Waals surface area contributed by atoms with Gasteiger partial charge in [-0.05, 0) is 62.6 Å². The normalized spacial score (nSPS) is 23.9. The van der Waals surface area contributed by atoms with Gasteiger partial charge in [-0.3, -0.25) is 0 Å².